The van der Waals surface area contributed by atoms with Gasteiger partial charge in [-0.15, -0.1) is 11.4 Å². The molecule has 2 nitrogen and oxygen atoms in total. The zero-order chi connectivity index (χ0) is 9.03. The largest absolute Gasteiger partial charge is 1.00 e. The van der Waals surface area contributed by atoms with E-state index in [0.29, 0.717) is 5.25 Å². The Balaban J connectivity index is 0. The molecule has 0 amide bonds. The van der Waals surface area contributed by atoms with Crippen LogP contribution in [0.15, 0.2) is 0 Å². The zero-order valence-electron chi connectivity index (χ0n) is 9.19. The summed E-state index contributed by atoms with van der Waals surface area (Å²) in [7, 11) is 1.19. The molecule has 1 saturated carbocycles. The van der Waals surface area contributed by atoms with Crippen LogP contribution in [0.2, 0.25) is 0 Å². The quantitative estimate of drug-likeness (QED) is 0.292. The molecule has 14 heavy (non-hydrogen) atoms. The van der Waals surface area contributed by atoms with Gasteiger partial charge in [-0.05, 0) is 19.1 Å². The summed E-state index contributed by atoms with van der Waals surface area (Å²) in [5.41, 5.74) is -3.16. The van der Waals surface area contributed by atoms with Crippen LogP contribution in [0.1, 0.15) is 32.1 Å². The Bertz CT molecular complexity index is 192. The van der Waals surface area contributed by atoms with E-state index in [2.05, 4.69) is 0 Å². The third-order valence-electron chi connectivity index (χ3n) is 2.05. The molecule has 7 heteroatoms. The van der Waals surface area contributed by atoms with E-state index in [1.165, 1.54) is 30.2 Å². The van der Waals surface area contributed by atoms with Gasteiger partial charge in [0, 0.05) is 18.5 Å². The van der Waals surface area contributed by atoms with Crippen LogP contribution >= 0.6 is 17.1 Å². The fraction of sp³-hybridized carbons (Fsp3) is 1.00. The summed E-state index contributed by atoms with van der Waals surface area (Å²) in [6.45, 7) is 0. The molecule has 1 aliphatic rings. The summed E-state index contributed by atoms with van der Waals surface area (Å²) in [4.78, 5) is 22.4. The molecule has 0 aromatic heterocycles. The normalized spacial score (nSPS) is 17.9. The van der Waals surface area contributed by atoms with E-state index in [-0.39, 0.29) is 103 Å². The van der Waals surface area contributed by atoms with Crippen LogP contribution in [0.5, 0.6) is 0 Å². The maximum absolute atomic E-state index is 11.2. The molecule has 1 fully saturated rings. The standard InChI is InChI=1S/C7H14O2PS2.2K/c1-11-10(8,9)12-7-5-3-2-4-6-7;;/h7H,2-6H2,1H3;;/q-1;2*+1. The van der Waals surface area contributed by atoms with Crippen molar-refractivity contribution in [2.45, 2.75) is 37.4 Å². The van der Waals surface area contributed by atoms with Crippen LogP contribution in [0.4, 0.5) is 0 Å². The molecule has 0 aromatic rings. The first-order chi connectivity index (χ1) is 5.64. The smallest absolute Gasteiger partial charge is 0.789 e. The minimum atomic E-state index is -3.16. The average molecular weight is 303 g/mol. The molecule has 0 saturated heterocycles. The van der Waals surface area contributed by atoms with Gasteiger partial charge < -0.3 is 9.79 Å². The second-order valence-corrected chi connectivity index (χ2v) is 10.4. The van der Waals surface area contributed by atoms with Crippen molar-refractivity contribution in [3.8, 4) is 0 Å². The molecular formula is C7H14K2O2PS2+. The SMILES string of the molecule is CSP([O-])([O-])=[S+]C1CCCCC1.[K+].[K+]. The van der Waals surface area contributed by atoms with Crippen molar-refractivity contribution in [3.05, 3.63) is 0 Å². The maximum Gasteiger partial charge on any atom is 1.00 e. The van der Waals surface area contributed by atoms with E-state index in [0.717, 1.165) is 24.2 Å². The van der Waals surface area contributed by atoms with Crippen molar-refractivity contribution in [3.63, 3.8) is 0 Å². The van der Waals surface area contributed by atoms with Gasteiger partial charge in [-0.2, -0.15) is 0 Å². The van der Waals surface area contributed by atoms with Gasteiger partial charge in [-0.3, -0.25) is 0 Å². The molecule has 0 atom stereocenters. The molecule has 0 unspecified atom stereocenters. The first kappa shape index (κ1) is 20.5. The predicted molar refractivity (Wildman–Crippen MR) is 54.7 cm³/mol. The van der Waals surface area contributed by atoms with Gasteiger partial charge in [0.1, 0.15) is 10.9 Å². The van der Waals surface area contributed by atoms with E-state index in [1.54, 1.807) is 6.26 Å². The first-order valence-corrected chi connectivity index (χ1v) is 9.13. The molecule has 0 radical (unpaired) electrons. The predicted octanol–water partition coefficient (Wildman–Crippen LogP) is -4.83. The van der Waals surface area contributed by atoms with Crippen molar-refractivity contribution >= 4 is 28.0 Å². The van der Waals surface area contributed by atoms with Crippen molar-refractivity contribution in [1.82, 2.24) is 0 Å². The Morgan fingerprint density at radius 1 is 1.14 bits per heavy atom. The molecule has 0 spiro atoms. The van der Waals surface area contributed by atoms with E-state index in [4.69, 9.17) is 0 Å². The molecule has 0 N–H and O–H groups in total. The van der Waals surface area contributed by atoms with E-state index in [9.17, 15) is 9.79 Å². The topological polar surface area (TPSA) is 46.1 Å². The minimum absolute atomic E-state index is 0. The van der Waals surface area contributed by atoms with Crippen LogP contribution in [-0.2, 0) is 10.9 Å². The first-order valence-electron chi connectivity index (χ1n) is 4.19. The third-order valence-corrected chi connectivity index (χ3v) is 8.66. The number of rotatable bonds is 2. The van der Waals surface area contributed by atoms with Gasteiger partial charge in [0.15, 0.2) is 5.25 Å². The fourth-order valence-electron chi connectivity index (χ4n) is 1.40. The molecule has 0 aromatic carbocycles. The number of hydrogen-bond acceptors (Lipinski definition) is 3. The van der Waals surface area contributed by atoms with Crippen molar-refractivity contribution < 1.29 is 113 Å². The molecule has 0 heterocycles. The molecule has 0 bridgehead atoms. The Labute approximate surface area is 179 Å². The second kappa shape index (κ2) is 11.1. The molecule has 72 valence electrons. The monoisotopic (exact) mass is 303 g/mol. The molecular weight excluding hydrogens is 289 g/mol. The van der Waals surface area contributed by atoms with Gasteiger partial charge in [0.05, 0.1) is 0 Å². The number of hydrogen-bond donors (Lipinski definition) is 0. The van der Waals surface area contributed by atoms with Gasteiger partial charge in [0.2, 0.25) is 0 Å². The molecule has 0 aliphatic heterocycles. The Morgan fingerprint density at radius 2 is 1.64 bits per heavy atom. The van der Waals surface area contributed by atoms with E-state index >= 15 is 0 Å². The summed E-state index contributed by atoms with van der Waals surface area (Å²) in [5, 5.41) is 0.370. The summed E-state index contributed by atoms with van der Waals surface area (Å²) in [6, 6.07) is 0. The average Bonchev–Trinajstić information content (AvgIpc) is 2.06. The van der Waals surface area contributed by atoms with Gasteiger partial charge in [0.25, 0.3) is 0 Å². The second-order valence-electron chi connectivity index (χ2n) is 3.00. The maximum atomic E-state index is 11.2. The summed E-state index contributed by atoms with van der Waals surface area (Å²) < 4.78 is 0. The Kier molecular flexibility index (Phi) is 16.2. The summed E-state index contributed by atoms with van der Waals surface area (Å²) in [6.07, 6.45) is 7.48. The third kappa shape index (κ3) is 9.17. The summed E-state index contributed by atoms with van der Waals surface area (Å²) >= 11 is 0.984. The fourth-order valence-corrected chi connectivity index (χ4v) is 6.25. The van der Waals surface area contributed by atoms with E-state index < -0.39 is 5.69 Å². The molecule has 1 rings (SSSR count). The van der Waals surface area contributed by atoms with Gasteiger partial charge in [-0.1, -0.05) is 6.42 Å². The van der Waals surface area contributed by atoms with Crippen LogP contribution in [0.25, 0.3) is 0 Å². The Morgan fingerprint density at radius 3 is 2.07 bits per heavy atom. The van der Waals surface area contributed by atoms with Gasteiger partial charge >= 0.3 is 103 Å². The van der Waals surface area contributed by atoms with Crippen LogP contribution < -0.4 is 113 Å². The van der Waals surface area contributed by atoms with Crippen molar-refractivity contribution in [1.29, 1.82) is 0 Å². The Hall–Kier alpha value is 4.19. The van der Waals surface area contributed by atoms with Crippen LogP contribution in [0.3, 0.4) is 0 Å². The van der Waals surface area contributed by atoms with E-state index in [1.807, 2.05) is 0 Å². The van der Waals surface area contributed by atoms with Crippen molar-refractivity contribution in [2.24, 2.45) is 0 Å². The molecule has 1 aliphatic carbocycles. The minimum Gasteiger partial charge on any atom is -0.789 e. The zero-order valence-corrected chi connectivity index (χ0v) is 18.0. The van der Waals surface area contributed by atoms with Crippen LogP contribution in [0, 0.1) is 0 Å². The summed E-state index contributed by atoms with van der Waals surface area (Å²) in [5.74, 6) is 0. The van der Waals surface area contributed by atoms with Crippen LogP contribution in [-0.4, -0.2) is 11.5 Å². The van der Waals surface area contributed by atoms with Crippen molar-refractivity contribution in [2.75, 3.05) is 6.26 Å². The van der Waals surface area contributed by atoms with Gasteiger partial charge in [-0.25, -0.2) is 0 Å².